The van der Waals surface area contributed by atoms with Gasteiger partial charge in [0.05, 0.1) is 17.9 Å². The Balaban J connectivity index is 2.08. The molecule has 1 aromatic carbocycles. The van der Waals surface area contributed by atoms with Crippen LogP contribution in [-0.2, 0) is 11.3 Å². The van der Waals surface area contributed by atoms with Crippen molar-refractivity contribution in [3.8, 4) is 6.07 Å². The van der Waals surface area contributed by atoms with Crippen LogP contribution in [0.25, 0.3) is 0 Å². The minimum atomic E-state index is 0.512. The second-order valence-corrected chi connectivity index (χ2v) is 5.98. The molecule has 0 aromatic heterocycles. The highest BCUT2D eigenvalue weighted by atomic mass is 16.5. The van der Waals surface area contributed by atoms with Crippen molar-refractivity contribution in [1.29, 1.82) is 5.26 Å². The predicted molar refractivity (Wildman–Crippen MR) is 85.3 cm³/mol. The number of methoxy groups -OCH3 is 1. The van der Waals surface area contributed by atoms with Gasteiger partial charge >= 0.3 is 0 Å². The second-order valence-electron chi connectivity index (χ2n) is 5.98. The summed E-state index contributed by atoms with van der Waals surface area (Å²) in [5, 5.41) is 12.8. The number of benzene rings is 1. The van der Waals surface area contributed by atoms with Gasteiger partial charge in [0.25, 0.3) is 0 Å². The van der Waals surface area contributed by atoms with E-state index < -0.39 is 0 Å². The number of anilines is 1. The van der Waals surface area contributed by atoms with E-state index in [0.29, 0.717) is 18.6 Å². The molecule has 1 saturated heterocycles. The highest BCUT2D eigenvalue weighted by molar-refractivity contribution is 5.61. The fourth-order valence-electron chi connectivity index (χ4n) is 3.08. The third kappa shape index (κ3) is 3.96. The molecule has 0 aliphatic carbocycles. The summed E-state index contributed by atoms with van der Waals surface area (Å²) in [6, 6.07) is 9.09. The maximum absolute atomic E-state index is 9.45. The summed E-state index contributed by atoms with van der Waals surface area (Å²) in [6.07, 6.45) is 1.20. The lowest BCUT2D eigenvalue weighted by Crippen LogP contribution is -2.27. The maximum Gasteiger partial charge on any atom is 0.101 e. The van der Waals surface area contributed by atoms with E-state index in [-0.39, 0.29) is 0 Å². The van der Waals surface area contributed by atoms with Gasteiger partial charge in [-0.15, -0.1) is 0 Å². The molecular weight excluding hydrogens is 262 g/mol. The molecule has 2 atom stereocenters. The number of nitriles is 1. The number of rotatable bonds is 6. The smallest absolute Gasteiger partial charge is 0.101 e. The molecule has 2 rings (SSSR count). The van der Waals surface area contributed by atoms with Crippen molar-refractivity contribution in [2.75, 3.05) is 31.7 Å². The van der Waals surface area contributed by atoms with Gasteiger partial charge in [-0.1, -0.05) is 13.0 Å². The van der Waals surface area contributed by atoms with Gasteiger partial charge in [0.15, 0.2) is 0 Å². The van der Waals surface area contributed by atoms with Crippen LogP contribution in [0.2, 0.25) is 0 Å². The van der Waals surface area contributed by atoms with Gasteiger partial charge in [-0.25, -0.2) is 0 Å². The van der Waals surface area contributed by atoms with Crippen molar-refractivity contribution in [2.45, 2.75) is 32.9 Å². The molecule has 21 heavy (non-hydrogen) atoms. The molecule has 1 aliphatic rings. The Morgan fingerprint density at radius 2 is 2.24 bits per heavy atom. The van der Waals surface area contributed by atoms with Crippen LogP contribution in [0.5, 0.6) is 0 Å². The van der Waals surface area contributed by atoms with Gasteiger partial charge in [0.2, 0.25) is 0 Å². The van der Waals surface area contributed by atoms with E-state index in [9.17, 15) is 5.26 Å². The highest BCUT2D eigenvalue weighted by Gasteiger charge is 2.27. The van der Waals surface area contributed by atoms with Crippen LogP contribution in [0.4, 0.5) is 5.69 Å². The SMILES string of the molecule is COCCNCc1ccc(N2CC(C)CC2C)c(C#N)c1. The van der Waals surface area contributed by atoms with Crippen LogP contribution in [0.15, 0.2) is 18.2 Å². The predicted octanol–water partition coefficient (Wildman–Crippen LogP) is 2.53. The monoisotopic (exact) mass is 287 g/mol. The first-order valence-electron chi connectivity index (χ1n) is 7.65. The van der Waals surface area contributed by atoms with Gasteiger partial charge in [-0.05, 0) is 37.0 Å². The Bertz CT molecular complexity index is 509. The molecule has 114 valence electrons. The van der Waals surface area contributed by atoms with Crippen LogP contribution < -0.4 is 10.2 Å². The zero-order chi connectivity index (χ0) is 15.2. The molecule has 0 saturated carbocycles. The summed E-state index contributed by atoms with van der Waals surface area (Å²) in [4.78, 5) is 2.37. The van der Waals surface area contributed by atoms with Crippen molar-refractivity contribution >= 4 is 5.69 Å². The fourth-order valence-corrected chi connectivity index (χ4v) is 3.08. The Morgan fingerprint density at radius 3 is 2.86 bits per heavy atom. The number of nitrogens with zero attached hydrogens (tertiary/aromatic N) is 2. The van der Waals surface area contributed by atoms with E-state index in [1.165, 1.54) is 6.42 Å². The molecule has 1 N–H and O–H groups in total. The molecule has 1 aromatic rings. The topological polar surface area (TPSA) is 48.3 Å². The summed E-state index contributed by atoms with van der Waals surface area (Å²) in [7, 11) is 1.70. The third-order valence-corrected chi connectivity index (χ3v) is 4.09. The Kier molecular flexibility index (Phi) is 5.60. The Morgan fingerprint density at radius 1 is 1.43 bits per heavy atom. The first-order valence-corrected chi connectivity index (χ1v) is 7.65. The zero-order valence-electron chi connectivity index (χ0n) is 13.2. The standard InChI is InChI=1S/C17H25N3O/c1-13-8-14(2)20(12-13)17-5-4-15(9-16(17)10-18)11-19-6-7-21-3/h4-5,9,13-14,19H,6-8,11-12H2,1-3H3. The lowest BCUT2D eigenvalue weighted by molar-refractivity contribution is 0.199. The lowest BCUT2D eigenvalue weighted by Gasteiger charge is -2.25. The molecule has 0 spiro atoms. The molecule has 2 unspecified atom stereocenters. The van der Waals surface area contributed by atoms with Crippen molar-refractivity contribution in [1.82, 2.24) is 5.32 Å². The van der Waals surface area contributed by atoms with Gasteiger partial charge < -0.3 is 15.0 Å². The third-order valence-electron chi connectivity index (χ3n) is 4.09. The van der Waals surface area contributed by atoms with Gasteiger partial charge in [-0.3, -0.25) is 0 Å². The number of ether oxygens (including phenoxy) is 1. The summed E-state index contributed by atoms with van der Waals surface area (Å²) in [6.45, 7) is 7.85. The minimum Gasteiger partial charge on any atom is -0.383 e. The molecule has 1 fully saturated rings. The number of nitrogens with one attached hydrogen (secondary N) is 1. The summed E-state index contributed by atoms with van der Waals surface area (Å²) < 4.78 is 5.01. The average molecular weight is 287 g/mol. The molecular formula is C17H25N3O. The van der Waals surface area contributed by atoms with E-state index >= 15 is 0 Å². The maximum atomic E-state index is 9.45. The molecule has 0 amide bonds. The van der Waals surface area contributed by atoms with Gasteiger partial charge in [-0.2, -0.15) is 5.26 Å². The average Bonchev–Trinajstić information content (AvgIpc) is 2.82. The second kappa shape index (κ2) is 7.44. The van der Waals surface area contributed by atoms with Crippen LogP contribution in [-0.4, -0.2) is 32.8 Å². The summed E-state index contributed by atoms with van der Waals surface area (Å²) in [5.41, 5.74) is 3.00. The first kappa shape index (κ1) is 15.8. The molecule has 4 heteroatoms. The van der Waals surface area contributed by atoms with Crippen LogP contribution >= 0.6 is 0 Å². The number of hydrogen-bond acceptors (Lipinski definition) is 4. The Labute approximate surface area is 127 Å². The van der Waals surface area contributed by atoms with Crippen LogP contribution in [0.1, 0.15) is 31.4 Å². The molecule has 1 heterocycles. The van der Waals surface area contributed by atoms with E-state index in [2.05, 4.69) is 42.3 Å². The lowest BCUT2D eigenvalue weighted by atomic mass is 10.1. The van der Waals surface area contributed by atoms with Crippen LogP contribution in [0, 0.1) is 17.2 Å². The highest BCUT2D eigenvalue weighted by Crippen LogP contribution is 2.31. The summed E-state index contributed by atoms with van der Waals surface area (Å²) >= 11 is 0. The normalized spacial score (nSPS) is 21.5. The first-order chi connectivity index (χ1) is 10.2. The number of hydrogen-bond donors (Lipinski definition) is 1. The van der Waals surface area contributed by atoms with Gasteiger partial charge in [0, 0.05) is 32.8 Å². The molecule has 1 aliphatic heterocycles. The molecule has 0 bridgehead atoms. The fraction of sp³-hybridized carbons (Fsp3) is 0.588. The van der Waals surface area contributed by atoms with Crippen molar-refractivity contribution in [3.05, 3.63) is 29.3 Å². The Hall–Kier alpha value is -1.57. The quantitative estimate of drug-likeness (QED) is 0.817. The van der Waals surface area contributed by atoms with E-state index in [1.807, 2.05) is 6.07 Å². The van der Waals surface area contributed by atoms with E-state index in [4.69, 9.17) is 4.74 Å². The van der Waals surface area contributed by atoms with Crippen molar-refractivity contribution < 1.29 is 4.74 Å². The largest absolute Gasteiger partial charge is 0.383 e. The van der Waals surface area contributed by atoms with Crippen LogP contribution in [0.3, 0.4) is 0 Å². The van der Waals surface area contributed by atoms with E-state index in [1.54, 1.807) is 7.11 Å². The molecule has 0 radical (unpaired) electrons. The zero-order valence-corrected chi connectivity index (χ0v) is 13.2. The van der Waals surface area contributed by atoms with Crippen molar-refractivity contribution in [3.63, 3.8) is 0 Å². The summed E-state index contributed by atoms with van der Waals surface area (Å²) in [5.74, 6) is 0.696. The van der Waals surface area contributed by atoms with E-state index in [0.717, 1.165) is 36.4 Å². The van der Waals surface area contributed by atoms with Gasteiger partial charge in [0.1, 0.15) is 6.07 Å². The minimum absolute atomic E-state index is 0.512. The van der Waals surface area contributed by atoms with Crippen molar-refractivity contribution in [2.24, 2.45) is 5.92 Å². The molecule has 4 nitrogen and oxygen atoms in total.